The number of hydrogen-bond donors (Lipinski definition) is 4. The van der Waals surface area contributed by atoms with E-state index in [1.54, 1.807) is 0 Å². The number of aromatic amines is 2. The van der Waals surface area contributed by atoms with Crippen LogP contribution in [0.1, 0.15) is 28.9 Å². The van der Waals surface area contributed by atoms with E-state index in [-0.39, 0.29) is 34.6 Å². The highest BCUT2D eigenvalue weighted by Gasteiger charge is 2.31. The minimum Gasteiger partial charge on any atom is -0.493 e. The molecule has 0 unspecified atom stereocenters. The van der Waals surface area contributed by atoms with Crippen molar-refractivity contribution in [2.45, 2.75) is 25.2 Å². The van der Waals surface area contributed by atoms with Gasteiger partial charge in [0.25, 0.3) is 5.91 Å². The van der Waals surface area contributed by atoms with Crippen LogP contribution in [-0.2, 0) is 0 Å². The minimum absolute atomic E-state index is 0.0750. The Labute approximate surface area is 192 Å². The topological polar surface area (TPSA) is 150 Å². The summed E-state index contributed by atoms with van der Waals surface area (Å²) in [5.74, 6) is -1.55. The highest BCUT2D eigenvalue weighted by atomic mass is 19.4. The van der Waals surface area contributed by atoms with Gasteiger partial charge in [0, 0.05) is 16.8 Å². The number of imidazole rings is 1. The van der Waals surface area contributed by atoms with Crippen LogP contribution < -0.4 is 26.4 Å². The SMILES string of the molecule is O=C(Nc1cc(=NC2CC2)n2nc/c(=C/c3[nH]c(=O)[nH]c3O)c2n1)c1cccc(OC(F)(F)F)c1. The van der Waals surface area contributed by atoms with E-state index in [0.717, 1.165) is 25.0 Å². The van der Waals surface area contributed by atoms with Crippen LogP contribution in [0.25, 0.3) is 11.7 Å². The first kappa shape index (κ1) is 22.2. The maximum absolute atomic E-state index is 12.7. The van der Waals surface area contributed by atoms with Crippen LogP contribution in [0.3, 0.4) is 0 Å². The summed E-state index contributed by atoms with van der Waals surface area (Å²) in [6.45, 7) is 0. The number of halogens is 3. The lowest BCUT2D eigenvalue weighted by Crippen LogP contribution is -2.22. The smallest absolute Gasteiger partial charge is 0.493 e. The second-order valence-electron chi connectivity index (χ2n) is 7.71. The summed E-state index contributed by atoms with van der Waals surface area (Å²) >= 11 is 0. The first-order valence-corrected chi connectivity index (χ1v) is 10.3. The molecule has 1 amide bonds. The molecule has 3 heterocycles. The number of anilines is 1. The Morgan fingerprint density at radius 1 is 1.29 bits per heavy atom. The Balaban J connectivity index is 1.54. The number of fused-ring (bicyclic) bond motifs is 1. The zero-order valence-electron chi connectivity index (χ0n) is 17.6. The maximum atomic E-state index is 12.7. The number of carbonyl (C=O) groups excluding carboxylic acids is 1. The molecule has 11 nitrogen and oxygen atoms in total. The molecule has 0 bridgehead atoms. The van der Waals surface area contributed by atoms with Crippen molar-refractivity contribution < 1.29 is 27.8 Å². The molecule has 0 aliphatic heterocycles. The van der Waals surface area contributed by atoms with E-state index in [1.807, 2.05) is 0 Å². The predicted molar refractivity (Wildman–Crippen MR) is 115 cm³/mol. The standard InChI is InChI=1S/C21H16F3N7O4/c22-21(23,24)35-13-3-1-2-10(6-13)18(32)29-15-8-16(26-12-4-5-12)31-17(28-15)11(9-25-31)7-14-19(33)30-20(34)27-14/h1-3,6-9,12,33H,4-5H2,(H,29,32)(H2,27,30,34)/b11-7-,26-16?. The molecule has 14 heteroatoms. The number of H-pyrrole nitrogens is 2. The van der Waals surface area contributed by atoms with Gasteiger partial charge in [-0.1, -0.05) is 6.07 Å². The second-order valence-corrected chi connectivity index (χ2v) is 7.71. The van der Waals surface area contributed by atoms with E-state index >= 15 is 0 Å². The molecule has 1 saturated carbocycles. The lowest BCUT2D eigenvalue weighted by molar-refractivity contribution is -0.274. The van der Waals surface area contributed by atoms with Crippen molar-refractivity contribution in [3.63, 3.8) is 0 Å². The largest absolute Gasteiger partial charge is 0.573 e. The summed E-state index contributed by atoms with van der Waals surface area (Å²) in [7, 11) is 0. The Morgan fingerprint density at radius 2 is 2.09 bits per heavy atom. The third kappa shape index (κ3) is 5.00. The lowest BCUT2D eigenvalue weighted by atomic mass is 10.2. The number of carbonyl (C=O) groups is 1. The van der Waals surface area contributed by atoms with E-state index < -0.39 is 23.7 Å². The molecular formula is C21H16F3N7O4. The fraction of sp³-hybridized carbons (Fsp3) is 0.190. The van der Waals surface area contributed by atoms with Gasteiger partial charge in [0.1, 0.15) is 17.3 Å². The quantitative estimate of drug-likeness (QED) is 0.333. The van der Waals surface area contributed by atoms with Gasteiger partial charge in [0.15, 0.2) is 11.1 Å². The fourth-order valence-electron chi connectivity index (χ4n) is 3.28. The molecule has 3 aromatic heterocycles. The molecule has 1 fully saturated rings. The monoisotopic (exact) mass is 487 g/mol. The zero-order chi connectivity index (χ0) is 24.7. The number of hydrogen-bond acceptors (Lipinski definition) is 7. The molecule has 0 atom stereocenters. The van der Waals surface area contributed by atoms with E-state index in [9.17, 15) is 27.9 Å². The summed E-state index contributed by atoms with van der Waals surface area (Å²) < 4.78 is 42.9. The van der Waals surface area contributed by atoms with Crippen molar-refractivity contribution in [2.75, 3.05) is 5.32 Å². The van der Waals surface area contributed by atoms with Crippen molar-refractivity contribution in [3.05, 3.63) is 69.0 Å². The van der Waals surface area contributed by atoms with Crippen molar-refractivity contribution in [2.24, 2.45) is 4.99 Å². The molecule has 4 aromatic rings. The minimum atomic E-state index is -4.89. The normalized spacial score (nSPS) is 15.1. The van der Waals surface area contributed by atoms with Gasteiger partial charge in [0.2, 0.25) is 5.88 Å². The highest BCUT2D eigenvalue weighted by molar-refractivity contribution is 6.04. The Morgan fingerprint density at radius 3 is 2.77 bits per heavy atom. The Kier molecular flexibility index (Phi) is 5.26. The van der Waals surface area contributed by atoms with E-state index in [1.165, 1.54) is 35.0 Å². The Bertz CT molecular complexity index is 1620. The number of aromatic hydroxyl groups is 1. The van der Waals surface area contributed by atoms with Crippen LogP contribution >= 0.6 is 0 Å². The molecule has 5 rings (SSSR count). The zero-order valence-corrected chi connectivity index (χ0v) is 17.6. The third-order valence-corrected chi connectivity index (χ3v) is 4.95. The van der Waals surface area contributed by atoms with Gasteiger partial charge in [-0.2, -0.15) is 9.61 Å². The molecular weight excluding hydrogens is 471 g/mol. The van der Waals surface area contributed by atoms with Crippen LogP contribution in [-0.4, -0.2) is 48.0 Å². The first-order valence-electron chi connectivity index (χ1n) is 10.3. The van der Waals surface area contributed by atoms with E-state index in [2.05, 4.69) is 35.1 Å². The molecule has 35 heavy (non-hydrogen) atoms. The number of nitrogens with zero attached hydrogens (tertiary/aromatic N) is 4. The van der Waals surface area contributed by atoms with Gasteiger partial charge in [0.05, 0.1) is 12.2 Å². The van der Waals surface area contributed by atoms with E-state index in [4.69, 9.17) is 0 Å². The van der Waals surface area contributed by atoms with Crippen molar-refractivity contribution in [1.29, 1.82) is 0 Å². The number of benzene rings is 1. The van der Waals surface area contributed by atoms with Crippen LogP contribution in [0.4, 0.5) is 19.0 Å². The van der Waals surface area contributed by atoms with Crippen molar-refractivity contribution in [1.82, 2.24) is 24.6 Å². The van der Waals surface area contributed by atoms with Gasteiger partial charge in [-0.05, 0) is 37.1 Å². The molecule has 0 spiro atoms. The van der Waals surface area contributed by atoms with Crippen LogP contribution in [0.15, 0.2) is 46.3 Å². The highest BCUT2D eigenvalue weighted by Crippen LogP contribution is 2.24. The predicted octanol–water partition coefficient (Wildman–Crippen LogP) is 1.21. The number of aromatic nitrogens is 5. The summed E-state index contributed by atoms with van der Waals surface area (Å²) in [4.78, 5) is 37.8. The third-order valence-electron chi connectivity index (χ3n) is 4.95. The number of rotatable bonds is 5. The molecule has 1 aliphatic carbocycles. The van der Waals surface area contributed by atoms with E-state index in [0.29, 0.717) is 10.7 Å². The fourth-order valence-corrected chi connectivity index (χ4v) is 3.28. The van der Waals surface area contributed by atoms with Crippen LogP contribution in [0.2, 0.25) is 0 Å². The average Bonchev–Trinajstić information content (AvgIpc) is 3.41. The summed E-state index contributed by atoms with van der Waals surface area (Å²) in [5.41, 5.74) is 0.0750. The molecule has 180 valence electrons. The number of nitrogens with one attached hydrogen (secondary N) is 3. The van der Waals surface area contributed by atoms with Crippen molar-refractivity contribution in [3.8, 4) is 11.6 Å². The molecule has 0 saturated heterocycles. The average molecular weight is 487 g/mol. The number of alkyl halides is 3. The first-order chi connectivity index (χ1) is 16.6. The van der Waals surface area contributed by atoms with Crippen molar-refractivity contribution >= 4 is 23.4 Å². The van der Waals surface area contributed by atoms with Gasteiger partial charge in [-0.15, -0.1) is 13.2 Å². The summed E-state index contributed by atoms with van der Waals surface area (Å²) in [6.07, 6.45) is -0.212. The Hall–Kier alpha value is -4.62. The second kappa shape index (κ2) is 8.30. The summed E-state index contributed by atoms with van der Waals surface area (Å²) in [6, 6.07) is 6.22. The maximum Gasteiger partial charge on any atom is 0.573 e. The molecule has 1 aliphatic rings. The number of amides is 1. The molecule has 4 N–H and O–H groups in total. The van der Waals surface area contributed by atoms with Gasteiger partial charge in [-0.25, -0.2) is 9.78 Å². The van der Waals surface area contributed by atoms with Crippen LogP contribution in [0.5, 0.6) is 11.6 Å². The van der Waals surface area contributed by atoms with Gasteiger partial charge in [-0.3, -0.25) is 14.8 Å². The summed E-state index contributed by atoms with van der Waals surface area (Å²) in [5, 5.41) is 17.1. The molecule has 1 aromatic carbocycles. The lowest BCUT2D eigenvalue weighted by Gasteiger charge is -2.10. The molecule has 0 radical (unpaired) electrons. The van der Waals surface area contributed by atoms with Crippen LogP contribution in [0, 0.1) is 0 Å². The van der Waals surface area contributed by atoms with Gasteiger partial charge >= 0.3 is 12.1 Å². The van der Waals surface area contributed by atoms with Gasteiger partial charge < -0.3 is 20.1 Å². The number of ether oxygens (including phenoxy) is 1.